The molecule has 0 aromatic heterocycles. The molecule has 1 aromatic carbocycles. The topological polar surface area (TPSA) is 287 Å². The third-order valence-corrected chi connectivity index (χ3v) is 12.1. The third-order valence-electron chi connectivity index (χ3n) is 12.1. The van der Waals surface area contributed by atoms with Crippen LogP contribution in [0.15, 0.2) is 30.4 Å². The molecular weight excluding hydrogens is 845 g/mol. The summed E-state index contributed by atoms with van der Waals surface area (Å²) in [6.45, 7) is 3.32. The monoisotopic (exact) mass is 903 g/mol. The molecule has 2 saturated carbocycles. The van der Waals surface area contributed by atoms with E-state index in [1.807, 2.05) is 0 Å². The van der Waals surface area contributed by atoms with Gasteiger partial charge in [-0.05, 0) is 61.8 Å². The number of nitro benzene ring substituents is 1. The predicted molar refractivity (Wildman–Crippen MR) is 224 cm³/mol. The summed E-state index contributed by atoms with van der Waals surface area (Å²) in [6.07, 6.45) is 8.27. The summed E-state index contributed by atoms with van der Waals surface area (Å²) in [4.78, 5) is 118. The van der Waals surface area contributed by atoms with Crippen LogP contribution in [0, 0.1) is 27.4 Å². The van der Waals surface area contributed by atoms with Crippen LogP contribution < -0.4 is 27.0 Å². The molecule has 1 aliphatic heterocycles. The lowest BCUT2D eigenvalue weighted by molar-refractivity contribution is -0.384. The molecule has 0 spiro atoms. The zero-order valence-electron chi connectivity index (χ0n) is 36.5. The SMILES string of the molecule is COC(=O)/C=C/CC[C@H](NC(=O)c1cc([N+](=O)[O-])ccc1C(=O)O)C(=O)N[C@H](C(=O)N1CC(F)(F)C[C@H]1C(=O)N[C@H](C(=O)N[C@H](C(N)=O)C1CCCCC1)C1CCCCC1)C(C)(C)C. The Morgan fingerprint density at radius 1 is 0.906 bits per heavy atom. The molecule has 19 nitrogen and oxygen atoms in total. The van der Waals surface area contributed by atoms with Crippen LogP contribution in [0.25, 0.3) is 0 Å². The van der Waals surface area contributed by atoms with Crippen molar-refractivity contribution in [1.82, 2.24) is 26.2 Å². The Bertz CT molecular complexity index is 1980. The van der Waals surface area contributed by atoms with Gasteiger partial charge in [-0.3, -0.25) is 38.9 Å². The van der Waals surface area contributed by atoms with Gasteiger partial charge in [0, 0.05) is 24.6 Å². The van der Waals surface area contributed by atoms with Crippen molar-refractivity contribution in [2.75, 3.05) is 13.7 Å². The molecule has 5 atom stereocenters. The van der Waals surface area contributed by atoms with Gasteiger partial charge >= 0.3 is 11.9 Å². The average molecular weight is 904 g/mol. The number of nitrogens with two attached hydrogens (primary N) is 1. The summed E-state index contributed by atoms with van der Waals surface area (Å²) < 4.78 is 35.4. The molecule has 7 N–H and O–H groups in total. The van der Waals surface area contributed by atoms with Crippen molar-refractivity contribution in [1.29, 1.82) is 0 Å². The Hall–Kier alpha value is -6.02. The van der Waals surface area contributed by atoms with Crippen LogP contribution in [0.4, 0.5) is 14.5 Å². The number of nitro groups is 1. The number of nitrogens with zero attached hydrogens (tertiary/aromatic N) is 2. The first kappa shape index (κ1) is 50.6. The highest BCUT2D eigenvalue weighted by Gasteiger charge is 2.53. The summed E-state index contributed by atoms with van der Waals surface area (Å²) in [5, 5.41) is 31.4. The number of esters is 1. The summed E-state index contributed by atoms with van der Waals surface area (Å²) >= 11 is 0. The number of primary amides is 1. The number of amides is 6. The van der Waals surface area contributed by atoms with Gasteiger partial charge in [-0.25, -0.2) is 18.4 Å². The molecule has 352 valence electrons. The van der Waals surface area contributed by atoms with E-state index in [-0.39, 0.29) is 18.8 Å². The van der Waals surface area contributed by atoms with Crippen LogP contribution >= 0.6 is 0 Å². The predicted octanol–water partition coefficient (Wildman–Crippen LogP) is 3.28. The first-order valence-corrected chi connectivity index (χ1v) is 21.5. The number of non-ortho nitro benzene ring substituents is 1. The molecule has 0 bridgehead atoms. The number of aromatic carboxylic acids is 1. The van der Waals surface area contributed by atoms with Gasteiger partial charge in [0.1, 0.15) is 30.2 Å². The van der Waals surface area contributed by atoms with E-state index in [0.717, 1.165) is 63.8 Å². The standard InChI is InChI=1S/C43H59F2N7O12/c1-42(2,3)34(50-37(56)29(17-11-12-18-31(53)64-4)47-36(55)28-21-26(52(62)63)19-20-27(28)41(60)61)40(59)51-23-43(44,45)22-30(51)38(57)49-33(25-15-9-6-10-16-25)39(58)48-32(35(46)54)24-13-7-5-8-14-24/h12,18-21,24-25,29-30,32-34H,5-11,13-17,22-23H2,1-4H3,(H2,46,54)(H,47,55)(H,48,58)(H,49,57)(H,50,56)(H,60,61)/b18-12+/t29-,30-,32-,33-,34+/m0/s1. The molecule has 1 saturated heterocycles. The number of ether oxygens (including phenoxy) is 1. The largest absolute Gasteiger partial charge is 0.478 e. The third kappa shape index (κ3) is 13.5. The van der Waals surface area contributed by atoms with E-state index in [4.69, 9.17) is 5.73 Å². The van der Waals surface area contributed by atoms with Crippen LogP contribution in [0.5, 0.6) is 0 Å². The molecule has 0 unspecified atom stereocenters. The van der Waals surface area contributed by atoms with Gasteiger partial charge in [0.25, 0.3) is 17.5 Å². The highest BCUT2D eigenvalue weighted by Crippen LogP contribution is 2.36. The highest BCUT2D eigenvalue weighted by molar-refractivity contribution is 6.07. The number of hydrogen-bond donors (Lipinski definition) is 6. The zero-order valence-corrected chi connectivity index (χ0v) is 36.5. The van der Waals surface area contributed by atoms with Crippen LogP contribution in [-0.4, -0.2) is 112 Å². The van der Waals surface area contributed by atoms with Crippen LogP contribution in [0.2, 0.25) is 0 Å². The first-order valence-electron chi connectivity index (χ1n) is 21.5. The van der Waals surface area contributed by atoms with Crippen LogP contribution in [0.3, 0.4) is 0 Å². The van der Waals surface area contributed by atoms with Crippen molar-refractivity contribution in [2.45, 2.75) is 140 Å². The molecule has 21 heteroatoms. The van der Waals surface area contributed by atoms with Gasteiger partial charge in [-0.1, -0.05) is 65.4 Å². The maximum absolute atomic E-state index is 15.4. The van der Waals surface area contributed by atoms with E-state index >= 15 is 8.78 Å². The summed E-state index contributed by atoms with van der Waals surface area (Å²) in [5.74, 6) is -12.4. The number of benzene rings is 1. The first-order chi connectivity index (χ1) is 30.0. The number of carboxylic acid groups (broad SMARTS) is 1. The number of carboxylic acids is 1. The smallest absolute Gasteiger partial charge is 0.336 e. The summed E-state index contributed by atoms with van der Waals surface area (Å²) in [6, 6.07) is -4.88. The molecule has 1 aromatic rings. The fourth-order valence-electron chi connectivity index (χ4n) is 8.62. The minimum atomic E-state index is -3.58. The number of likely N-dealkylation sites (tertiary alicyclic amines) is 1. The van der Waals surface area contributed by atoms with Gasteiger partial charge in [-0.15, -0.1) is 0 Å². The molecule has 0 radical (unpaired) electrons. The highest BCUT2D eigenvalue weighted by atomic mass is 19.3. The van der Waals surface area contributed by atoms with Crippen LogP contribution in [-0.2, 0) is 33.5 Å². The molecule has 6 amide bonds. The van der Waals surface area contributed by atoms with Crippen molar-refractivity contribution < 1.29 is 61.9 Å². The molecule has 3 fully saturated rings. The van der Waals surface area contributed by atoms with E-state index in [1.165, 1.54) is 26.8 Å². The summed E-state index contributed by atoms with van der Waals surface area (Å²) in [5.41, 5.74) is 2.57. The second-order valence-corrected chi connectivity index (χ2v) is 17.8. The van der Waals surface area contributed by atoms with E-state index in [2.05, 4.69) is 26.0 Å². The van der Waals surface area contributed by atoms with Gasteiger partial charge in [-0.2, -0.15) is 0 Å². The van der Waals surface area contributed by atoms with Crippen LogP contribution in [0.1, 0.15) is 125 Å². The molecular formula is C43H59F2N7O12. The van der Waals surface area contributed by atoms with Crippen molar-refractivity contribution in [3.63, 3.8) is 0 Å². The number of carbonyl (C=O) groups excluding carboxylic acids is 7. The lowest BCUT2D eigenvalue weighted by Gasteiger charge is -2.37. The molecule has 2 aliphatic carbocycles. The number of hydrogen-bond acceptors (Lipinski definition) is 11. The molecule has 3 aliphatic rings. The normalized spacial score (nSPS) is 20.0. The Balaban J connectivity index is 1.63. The van der Waals surface area contributed by atoms with Crippen molar-refractivity contribution in [3.05, 3.63) is 51.6 Å². The second-order valence-electron chi connectivity index (χ2n) is 17.8. The minimum absolute atomic E-state index is 0.0838. The maximum atomic E-state index is 15.4. The lowest BCUT2D eigenvalue weighted by atomic mass is 9.81. The zero-order chi connectivity index (χ0) is 47.5. The van der Waals surface area contributed by atoms with E-state index in [9.17, 15) is 53.6 Å². The van der Waals surface area contributed by atoms with Gasteiger partial charge in [0.15, 0.2) is 0 Å². The van der Waals surface area contributed by atoms with Crippen molar-refractivity contribution in [3.8, 4) is 0 Å². The second kappa shape index (κ2) is 22.1. The Labute approximate surface area is 369 Å². The Morgan fingerprint density at radius 2 is 1.50 bits per heavy atom. The van der Waals surface area contributed by atoms with E-state index in [0.29, 0.717) is 36.6 Å². The number of nitrogens with one attached hydrogen (secondary N) is 4. The average Bonchev–Trinajstić information content (AvgIpc) is 3.59. The number of alkyl halides is 2. The van der Waals surface area contributed by atoms with E-state index in [1.54, 1.807) is 0 Å². The molecule has 64 heavy (non-hydrogen) atoms. The van der Waals surface area contributed by atoms with Gasteiger partial charge in [0.2, 0.25) is 29.5 Å². The van der Waals surface area contributed by atoms with Crippen molar-refractivity contribution >= 4 is 53.1 Å². The van der Waals surface area contributed by atoms with Gasteiger partial charge in [0.05, 0.1) is 29.7 Å². The minimum Gasteiger partial charge on any atom is -0.478 e. The Kier molecular flexibility index (Phi) is 17.4. The molecule has 1 heterocycles. The number of halogens is 2. The summed E-state index contributed by atoms with van der Waals surface area (Å²) in [7, 11) is 1.13. The van der Waals surface area contributed by atoms with E-state index < -0.39 is 130 Å². The Morgan fingerprint density at radius 3 is 2.03 bits per heavy atom. The quantitative estimate of drug-likeness (QED) is 0.0536. The number of carbonyl (C=O) groups is 8. The number of methoxy groups -OCH3 is 1. The fourth-order valence-corrected chi connectivity index (χ4v) is 8.62. The fraction of sp³-hybridized carbons (Fsp3) is 0.628. The maximum Gasteiger partial charge on any atom is 0.336 e. The number of rotatable bonds is 18. The van der Waals surface area contributed by atoms with Crippen molar-refractivity contribution in [2.24, 2.45) is 23.0 Å². The van der Waals surface area contributed by atoms with Gasteiger partial charge < -0.3 is 41.7 Å². The molecule has 4 rings (SSSR count). The number of allylic oxidation sites excluding steroid dienone is 1. The lowest BCUT2D eigenvalue weighted by Crippen LogP contribution is -2.62.